The Kier molecular flexibility index (Phi) is 7.10. The van der Waals surface area contributed by atoms with Crippen molar-refractivity contribution < 1.29 is 13.2 Å². The number of nitrogens with zero attached hydrogens (tertiary/aromatic N) is 2. The number of hydrogen-bond acceptors (Lipinski definition) is 4. The summed E-state index contributed by atoms with van der Waals surface area (Å²) in [4.78, 5) is 15.1. The Labute approximate surface area is 181 Å². The molecule has 1 amide bonds. The van der Waals surface area contributed by atoms with Crippen LogP contribution in [0.2, 0.25) is 0 Å². The first kappa shape index (κ1) is 22.0. The first-order valence-electron chi connectivity index (χ1n) is 9.55. The van der Waals surface area contributed by atoms with E-state index in [1.807, 2.05) is 38.4 Å². The van der Waals surface area contributed by atoms with E-state index in [1.165, 1.54) is 4.31 Å². The molecule has 3 rings (SSSR count). The molecule has 1 aliphatic rings. The molecule has 0 spiro atoms. The number of benzene rings is 2. The van der Waals surface area contributed by atoms with Crippen molar-refractivity contribution in [3.63, 3.8) is 0 Å². The topological polar surface area (TPSA) is 69.7 Å². The summed E-state index contributed by atoms with van der Waals surface area (Å²) in [6.45, 7) is 1.51. The van der Waals surface area contributed by atoms with E-state index in [0.29, 0.717) is 25.9 Å². The highest BCUT2D eigenvalue weighted by Crippen LogP contribution is 2.27. The Morgan fingerprint density at radius 1 is 1.14 bits per heavy atom. The molecule has 2 aromatic carbocycles. The molecule has 1 N–H and O–H groups in total. The number of amides is 1. The second-order valence-electron chi connectivity index (χ2n) is 7.45. The Hall–Kier alpha value is -1.74. The molecular weight excluding hydrogens is 454 g/mol. The zero-order valence-corrected chi connectivity index (χ0v) is 19.0. The monoisotopic (exact) mass is 479 g/mol. The zero-order valence-electron chi connectivity index (χ0n) is 16.6. The third kappa shape index (κ3) is 5.25. The van der Waals surface area contributed by atoms with Crippen molar-refractivity contribution in [1.29, 1.82) is 0 Å². The molecule has 29 heavy (non-hydrogen) atoms. The lowest BCUT2D eigenvalue weighted by Crippen LogP contribution is -2.45. The molecule has 1 fully saturated rings. The summed E-state index contributed by atoms with van der Waals surface area (Å²) in [6, 6.07) is 13.8. The number of rotatable bonds is 7. The first-order chi connectivity index (χ1) is 13.8. The van der Waals surface area contributed by atoms with E-state index >= 15 is 0 Å². The minimum Gasteiger partial charge on any atom is -0.351 e. The largest absolute Gasteiger partial charge is 0.351 e. The highest BCUT2D eigenvalue weighted by Gasteiger charge is 2.39. The van der Waals surface area contributed by atoms with Gasteiger partial charge in [-0.15, -0.1) is 0 Å². The molecule has 1 heterocycles. The summed E-state index contributed by atoms with van der Waals surface area (Å²) in [7, 11) is 0.286. The van der Waals surface area contributed by atoms with Crippen molar-refractivity contribution in [2.45, 2.75) is 36.9 Å². The molecule has 1 saturated heterocycles. The number of sulfonamides is 1. The van der Waals surface area contributed by atoms with Gasteiger partial charge in [0.05, 0.1) is 4.90 Å². The molecule has 0 aromatic heterocycles. The summed E-state index contributed by atoms with van der Waals surface area (Å²) in [5, 5.41) is 2.95. The van der Waals surface area contributed by atoms with Gasteiger partial charge in [0.1, 0.15) is 6.04 Å². The number of carbonyl (C=O) groups is 1. The van der Waals surface area contributed by atoms with E-state index in [1.54, 1.807) is 24.3 Å². The smallest absolute Gasteiger partial charge is 0.243 e. The fourth-order valence-electron chi connectivity index (χ4n) is 3.56. The van der Waals surface area contributed by atoms with Crippen LogP contribution in [0.5, 0.6) is 0 Å². The van der Waals surface area contributed by atoms with Gasteiger partial charge in [0.2, 0.25) is 15.9 Å². The van der Waals surface area contributed by atoms with Gasteiger partial charge in [-0.25, -0.2) is 8.42 Å². The fourth-order valence-corrected chi connectivity index (χ4v) is 5.48. The molecule has 1 atom stereocenters. The maximum absolute atomic E-state index is 13.0. The Morgan fingerprint density at radius 3 is 2.45 bits per heavy atom. The molecule has 0 aliphatic carbocycles. The van der Waals surface area contributed by atoms with Gasteiger partial charge in [0, 0.05) is 24.1 Å². The molecular formula is C21H26BrN3O3S. The van der Waals surface area contributed by atoms with Gasteiger partial charge in [0.25, 0.3) is 0 Å². The van der Waals surface area contributed by atoms with Gasteiger partial charge >= 0.3 is 0 Å². The van der Waals surface area contributed by atoms with Crippen LogP contribution in [0.3, 0.4) is 0 Å². The molecule has 0 bridgehead atoms. The van der Waals surface area contributed by atoms with Crippen molar-refractivity contribution in [3.05, 3.63) is 64.1 Å². The van der Waals surface area contributed by atoms with E-state index in [9.17, 15) is 13.2 Å². The van der Waals surface area contributed by atoms with Crippen molar-refractivity contribution in [2.24, 2.45) is 0 Å². The van der Waals surface area contributed by atoms with E-state index in [-0.39, 0.29) is 10.8 Å². The number of nitrogens with one attached hydrogen (secondary N) is 1. The highest BCUT2D eigenvalue weighted by molar-refractivity contribution is 9.10. The summed E-state index contributed by atoms with van der Waals surface area (Å²) in [5.41, 5.74) is 2.18. The molecule has 6 nitrogen and oxygen atoms in total. The van der Waals surface area contributed by atoms with Crippen LogP contribution in [-0.2, 0) is 27.9 Å². The minimum atomic E-state index is -3.71. The van der Waals surface area contributed by atoms with E-state index in [0.717, 1.165) is 22.1 Å². The summed E-state index contributed by atoms with van der Waals surface area (Å²) >= 11 is 3.32. The van der Waals surface area contributed by atoms with E-state index < -0.39 is 16.1 Å². The quantitative estimate of drug-likeness (QED) is 0.662. The van der Waals surface area contributed by atoms with Crippen molar-refractivity contribution >= 4 is 31.9 Å². The fraction of sp³-hybridized carbons (Fsp3) is 0.381. The highest BCUT2D eigenvalue weighted by atomic mass is 79.9. The third-order valence-electron chi connectivity index (χ3n) is 4.98. The number of halogens is 1. The van der Waals surface area contributed by atoms with Gasteiger partial charge in [-0.3, -0.25) is 4.79 Å². The van der Waals surface area contributed by atoms with Gasteiger partial charge in [-0.2, -0.15) is 4.31 Å². The molecule has 156 valence electrons. The zero-order chi connectivity index (χ0) is 21.0. The molecule has 1 aliphatic heterocycles. The van der Waals surface area contributed by atoms with Gasteiger partial charge < -0.3 is 10.2 Å². The standard InChI is InChI=1S/C21H26BrN3O3S/c1-24(2)15-17-7-4-3-6-16(17)14-23-21(26)20-8-5-13-25(20)29(27,28)19-11-9-18(22)10-12-19/h3-4,6-7,9-12,20H,5,8,13-15H2,1-2H3,(H,23,26). The average Bonchev–Trinajstić information content (AvgIpc) is 3.18. The third-order valence-corrected chi connectivity index (χ3v) is 7.44. The predicted octanol–water partition coefficient (Wildman–Crippen LogP) is 2.98. The van der Waals surface area contributed by atoms with Crippen LogP contribution in [0.25, 0.3) is 0 Å². The minimum absolute atomic E-state index is 0.205. The Balaban J connectivity index is 1.72. The van der Waals surface area contributed by atoms with Crippen molar-refractivity contribution in [2.75, 3.05) is 20.6 Å². The number of hydrogen-bond donors (Lipinski definition) is 1. The summed E-state index contributed by atoms with van der Waals surface area (Å²) in [6.07, 6.45) is 1.20. The Bertz CT molecular complexity index is 961. The van der Waals surface area contributed by atoms with Crippen LogP contribution in [0, 0.1) is 0 Å². The van der Waals surface area contributed by atoms with Crippen LogP contribution in [0.4, 0.5) is 0 Å². The molecule has 2 aromatic rings. The van der Waals surface area contributed by atoms with E-state index in [2.05, 4.69) is 26.1 Å². The van der Waals surface area contributed by atoms with Crippen LogP contribution < -0.4 is 5.32 Å². The van der Waals surface area contributed by atoms with Crippen LogP contribution in [-0.4, -0.2) is 50.2 Å². The van der Waals surface area contributed by atoms with Crippen molar-refractivity contribution in [1.82, 2.24) is 14.5 Å². The van der Waals surface area contributed by atoms with Gasteiger partial charge in [-0.05, 0) is 62.3 Å². The number of carbonyl (C=O) groups excluding carboxylic acids is 1. The van der Waals surface area contributed by atoms with Crippen LogP contribution >= 0.6 is 15.9 Å². The molecule has 1 unspecified atom stereocenters. The molecule has 8 heteroatoms. The van der Waals surface area contributed by atoms with E-state index in [4.69, 9.17) is 0 Å². The van der Waals surface area contributed by atoms with Gasteiger partial charge in [0.15, 0.2) is 0 Å². The second kappa shape index (κ2) is 9.38. The second-order valence-corrected chi connectivity index (χ2v) is 10.3. The maximum atomic E-state index is 13.0. The summed E-state index contributed by atoms with van der Waals surface area (Å²) < 4.78 is 28.2. The van der Waals surface area contributed by atoms with Gasteiger partial charge in [-0.1, -0.05) is 40.2 Å². The average molecular weight is 480 g/mol. The van der Waals surface area contributed by atoms with Crippen LogP contribution in [0.1, 0.15) is 24.0 Å². The van der Waals surface area contributed by atoms with Crippen molar-refractivity contribution in [3.8, 4) is 0 Å². The summed E-state index contributed by atoms with van der Waals surface area (Å²) in [5.74, 6) is -0.247. The normalized spacial score (nSPS) is 17.6. The lowest BCUT2D eigenvalue weighted by molar-refractivity contribution is -0.124. The lowest BCUT2D eigenvalue weighted by atomic mass is 10.1. The maximum Gasteiger partial charge on any atom is 0.243 e. The first-order valence-corrected chi connectivity index (χ1v) is 11.8. The molecule has 0 saturated carbocycles. The van der Waals surface area contributed by atoms with Crippen LogP contribution in [0.15, 0.2) is 57.9 Å². The SMILES string of the molecule is CN(C)Cc1ccccc1CNC(=O)C1CCCN1S(=O)(=O)c1ccc(Br)cc1. The lowest BCUT2D eigenvalue weighted by Gasteiger charge is -2.24. The molecule has 0 radical (unpaired) electrons. The predicted molar refractivity (Wildman–Crippen MR) is 117 cm³/mol. The Morgan fingerprint density at radius 2 is 1.79 bits per heavy atom.